The van der Waals surface area contributed by atoms with E-state index in [2.05, 4.69) is 59.2 Å². The van der Waals surface area contributed by atoms with Crippen LogP contribution < -0.4 is 24.3 Å². The number of nitrogens with zero attached hydrogens (tertiary/aromatic N) is 3. The van der Waals surface area contributed by atoms with E-state index in [1.54, 1.807) is 43.7 Å². The first-order valence-corrected chi connectivity index (χ1v) is 16.7. The minimum Gasteiger partial charge on any atom is -0.495 e. The van der Waals surface area contributed by atoms with Gasteiger partial charge >= 0.3 is 0 Å². The molecule has 6 aromatic rings. The highest BCUT2D eigenvalue weighted by Gasteiger charge is 2.13. The first-order valence-electron chi connectivity index (χ1n) is 15.4. The Labute approximate surface area is 293 Å². The summed E-state index contributed by atoms with van der Waals surface area (Å²) in [4.78, 5) is 18.3. The van der Waals surface area contributed by atoms with Crippen molar-refractivity contribution in [3.63, 3.8) is 0 Å². The van der Waals surface area contributed by atoms with Gasteiger partial charge in [-0.25, -0.2) is 4.68 Å². The lowest BCUT2D eigenvalue weighted by Crippen LogP contribution is -2.20. The maximum Gasteiger partial charge on any atom is 0.262 e. The molecule has 8 nitrogen and oxygen atoms in total. The second-order valence-electron chi connectivity index (χ2n) is 10.8. The molecule has 0 aliphatic rings. The number of ether oxygens (including phenoxy) is 3. The lowest BCUT2D eigenvalue weighted by atomic mass is 10.0. The number of thiazole rings is 1. The number of carbonyl (C=O) groups is 1. The van der Waals surface area contributed by atoms with Crippen molar-refractivity contribution in [2.24, 2.45) is 10.1 Å². The molecule has 5 aromatic carbocycles. The number of rotatable bonds is 12. The molecule has 0 bridgehead atoms. The molecular formula is C39H33ClN4O4S. The fourth-order valence-corrected chi connectivity index (χ4v) is 6.03. The van der Waals surface area contributed by atoms with Crippen LogP contribution in [0.15, 0.2) is 137 Å². The average molecular weight is 689 g/mol. The van der Waals surface area contributed by atoms with Crippen molar-refractivity contribution in [3.05, 3.63) is 148 Å². The van der Waals surface area contributed by atoms with Crippen LogP contribution in [0.25, 0.3) is 22.4 Å². The van der Waals surface area contributed by atoms with Crippen LogP contribution >= 0.6 is 22.9 Å². The Morgan fingerprint density at radius 3 is 2.22 bits per heavy atom. The van der Waals surface area contributed by atoms with Crippen molar-refractivity contribution in [3.8, 4) is 39.6 Å². The van der Waals surface area contributed by atoms with Gasteiger partial charge in [-0.2, -0.15) is 5.10 Å². The molecule has 1 N–H and O–H groups in total. The molecule has 0 aliphatic heterocycles. The highest BCUT2D eigenvalue weighted by atomic mass is 35.5. The predicted molar refractivity (Wildman–Crippen MR) is 197 cm³/mol. The standard InChI is InChI=1S/C39H33ClN4O4S/c1-46-36-22-32(40)18-19-33(36)43-38(45)25-48-35-20-13-28(21-37(35)47-2)24-42-44-34(26-49-39(44)41-23-27-9-5-3-6-10-27)31-16-14-30(15-17-31)29-11-7-4-8-12-29/h3-22,24,26H,23,25H2,1-2H3,(H,43,45). The lowest BCUT2D eigenvalue weighted by Gasteiger charge is -2.13. The molecule has 10 heteroatoms. The number of hydrogen-bond donors (Lipinski definition) is 1. The largest absolute Gasteiger partial charge is 0.495 e. The van der Waals surface area contributed by atoms with Gasteiger partial charge in [-0.05, 0) is 52.6 Å². The van der Waals surface area contributed by atoms with Crippen molar-refractivity contribution in [2.45, 2.75) is 6.54 Å². The van der Waals surface area contributed by atoms with E-state index in [4.69, 9.17) is 35.9 Å². The van der Waals surface area contributed by atoms with E-state index in [9.17, 15) is 4.79 Å². The van der Waals surface area contributed by atoms with Gasteiger partial charge in [0.05, 0.1) is 38.4 Å². The SMILES string of the molecule is COc1cc(Cl)ccc1NC(=O)COc1ccc(C=Nn2c(-c3ccc(-c4ccccc4)cc3)csc2=NCc2ccccc2)cc1OC. The van der Waals surface area contributed by atoms with Crippen molar-refractivity contribution in [1.29, 1.82) is 0 Å². The molecule has 49 heavy (non-hydrogen) atoms. The van der Waals surface area contributed by atoms with Crippen LogP contribution in [0.5, 0.6) is 17.2 Å². The highest BCUT2D eigenvalue weighted by Crippen LogP contribution is 2.30. The third-order valence-electron chi connectivity index (χ3n) is 7.52. The average Bonchev–Trinajstić information content (AvgIpc) is 3.56. The summed E-state index contributed by atoms with van der Waals surface area (Å²) in [6.45, 7) is 0.292. The monoisotopic (exact) mass is 688 g/mol. The number of halogens is 1. The van der Waals surface area contributed by atoms with Gasteiger partial charge < -0.3 is 19.5 Å². The second kappa shape index (κ2) is 16.0. The minimum absolute atomic E-state index is 0.237. The van der Waals surface area contributed by atoms with Crippen LogP contribution in [0, 0.1) is 0 Å². The number of nitrogens with one attached hydrogen (secondary N) is 1. The van der Waals surface area contributed by atoms with Crippen LogP contribution in [-0.2, 0) is 11.3 Å². The summed E-state index contributed by atoms with van der Waals surface area (Å²) in [5.74, 6) is 0.966. The Morgan fingerprint density at radius 1 is 0.796 bits per heavy atom. The number of methoxy groups -OCH3 is 2. The zero-order valence-corrected chi connectivity index (χ0v) is 28.4. The zero-order valence-electron chi connectivity index (χ0n) is 26.9. The van der Waals surface area contributed by atoms with Gasteiger partial charge in [-0.3, -0.25) is 9.79 Å². The van der Waals surface area contributed by atoms with Crippen LogP contribution in [0.1, 0.15) is 11.1 Å². The Kier molecular flexibility index (Phi) is 10.8. The molecule has 0 unspecified atom stereocenters. The first kappa shape index (κ1) is 33.3. The number of aromatic nitrogens is 1. The van der Waals surface area contributed by atoms with Crippen LogP contribution in [0.3, 0.4) is 0 Å². The van der Waals surface area contributed by atoms with Gasteiger partial charge in [0, 0.05) is 22.0 Å². The van der Waals surface area contributed by atoms with Crippen LogP contribution in [0.2, 0.25) is 5.02 Å². The molecule has 0 radical (unpaired) electrons. The second-order valence-corrected chi connectivity index (χ2v) is 12.1. The van der Waals surface area contributed by atoms with E-state index in [1.807, 2.05) is 47.1 Å². The maximum absolute atomic E-state index is 12.7. The Morgan fingerprint density at radius 2 is 1.49 bits per heavy atom. The molecule has 246 valence electrons. The van der Waals surface area contributed by atoms with Crippen molar-refractivity contribution in [2.75, 3.05) is 26.1 Å². The van der Waals surface area contributed by atoms with Gasteiger partial charge in [-0.1, -0.05) is 96.5 Å². The molecule has 1 aromatic heterocycles. The lowest BCUT2D eigenvalue weighted by molar-refractivity contribution is -0.118. The van der Waals surface area contributed by atoms with E-state index >= 15 is 0 Å². The fourth-order valence-electron chi connectivity index (χ4n) is 5.03. The summed E-state index contributed by atoms with van der Waals surface area (Å²) >= 11 is 7.56. The number of carbonyl (C=O) groups excluding carboxylic acids is 1. The predicted octanol–water partition coefficient (Wildman–Crippen LogP) is 8.55. The summed E-state index contributed by atoms with van der Waals surface area (Å²) in [6, 6.07) is 39.2. The molecule has 6 rings (SSSR count). The molecular weight excluding hydrogens is 656 g/mol. The Hall–Kier alpha value is -5.64. The first-order chi connectivity index (χ1) is 24.0. The smallest absolute Gasteiger partial charge is 0.262 e. The van der Waals surface area contributed by atoms with Crippen molar-refractivity contribution < 1.29 is 19.0 Å². The summed E-state index contributed by atoms with van der Waals surface area (Å²) in [7, 11) is 3.06. The van der Waals surface area contributed by atoms with E-state index in [0.29, 0.717) is 34.5 Å². The van der Waals surface area contributed by atoms with Gasteiger partial charge in [0.25, 0.3) is 5.91 Å². The topological polar surface area (TPSA) is 86.4 Å². The quantitative estimate of drug-likeness (QED) is 0.131. The van der Waals surface area contributed by atoms with Gasteiger partial charge in [0.2, 0.25) is 4.80 Å². The van der Waals surface area contributed by atoms with E-state index < -0.39 is 0 Å². The molecule has 0 aliphatic carbocycles. The number of amides is 1. The Balaban J connectivity index is 1.23. The third-order valence-corrected chi connectivity index (χ3v) is 8.61. The van der Waals surface area contributed by atoms with Gasteiger partial charge in [-0.15, -0.1) is 11.3 Å². The van der Waals surface area contributed by atoms with Crippen LogP contribution in [0.4, 0.5) is 5.69 Å². The summed E-state index contributed by atoms with van der Waals surface area (Å²) in [5.41, 5.74) is 6.62. The number of benzene rings is 5. The molecule has 0 saturated heterocycles. The van der Waals surface area contributed by atoms with Crippen LogP contribution in [-0.4, -0.2) is 37.6 Å². The van der Waals surface area contributed by atoms with E-state index in [-0.39, 0.29) is 12.5 Å². The Bertz CT molecular complexity index is 2130. The van der Waals surface area contributed by atoms with Gasteiger partial charge in [0.1, 0.15) is 5.75 Å². The molecule has 1 heterocycles. The number of hydrogen-bond acceptors (Lipinski definition) is 7. The molecule has 1 amide bonds. The highest BCUT2D eigenvalue weighted by molar-refractivity contribution is 7.07. The molecule has 0 atom stereocenters. The molecule has 0 fully saturated rings. The third kappa shape index (κ3) is 8.45. The molecule has 0 spiro atoms. The summed E-state index contributed by atoms with van der Waals surface area (Å²) < 4.78 is 18.6. The van der Waals surface area contributed by atoms with E-state index in [1.165, 1.54) is 18.4 Å². The van der Waals surface area contributed by atoms with Gasteiger partial charge in [0.15, 0.2) is 18.1 Å². The van der Waals surface area contributed by atoms with E-state index in [0.717, 1.165) is 38.3 Å². The summed E-state index contributed by atoms with van der Waals surface area (Å²) in [5, 5.41) is 10.2. The molecule has 0 saturated carbocycles. The van der Waals surface area contributed by atoms with Crippen molar-refractivity contribution >= 4 is 40.7 Å². The zero-order chi connectivity index (χ0) is 34.0. The number of anilines is 1. The summed E-state index contributed by atoms with van der Waals surface area (Å²) in [6.07, 6.45) is 1.75. The minimum atomic E-state index is -0.363. The fraction of sp³-hybridized carbons (Fsp3) is 0.103. The maximum atomic E-state index is 12.7. The van der Waals surface area contributed by atoms with Crippen molar-refractivity contribution in [1.82, 2.24) is 4.68 Å². The normalized spacial score (nSPS) is 11.4.